The van der Waals surface area contributed by atoms with E-state index in [2.05, 4.69) is 20.2 Å². The number of hydrogen-bond donors (Lipinski definition) is 1. The van der Waals surface area contributed by atoms with Crippen LogP contribution in [-0.2, 0) is 11.2 Å². The number of nitrogens with zero attached hydrogens (tertiary/aromatic N) is 3. The number of methoxy groups -OCH3 is 2. The summed E-state index contributed by atoms with van der Waals surface area (Å²) >= 11 is 0. The van der Waals surface area contributed by atoms with Crippen LogP contribution in [0.15, 0.2) is 28.9 Å². The number of hydrogen-bond acceptors (Lipinski definition) is 7. The van der Waals surface area contributed by atoms with Crippen molar-refractivity contribution < 1.29 is 18.7 Å². The lowest BCUT2D eigenvalue weighted by Gasteiger charge is -2.33. The fourth-order valence-corrected chi connectivity index (χ4v) is 4.30. The van der Waals surface area contributed by atoms with Gasteiger partial charge in [-0.1, -0.05) is 6.07 Å². The monoisotopic (exact) mass is 438 g/mol. The number of benzene rings is 1. The van der Waals surface area contributed by atoms with E-state index in [1.54, 1.807) is 14.2 Å². The third-order valence-corrected chi connectivity index (χ3v) is 6.20. The van der Waals surface area contributed by atoms with Gasteiger partial charge in [-0.25, -0.2) is 9.97 Å². The average Bonchev–Trinajstić information content (AvgIpc) is 3.12. The maximum atomic E-state index is 12.9. The summed E-state index contributed by atoms with van der Waals surface area (Å²) < 4.78 is 16.4. The lowest BCUT2D eigenvalue weighted by molar-refractivity contribution is -0.125. The number of amides is 1. The molecule has 170 valence electrons. The third kappa shape index (κ3) is 4.35. The predicted molar refractivity (Wildman–Crippen MR) is 122 cm³/mol. The zero-order chi connectivity index (χ0) is 22.7. The number of anilines is 1. The molecule has 1 amide bonds. The van der Waals surface area contributed by atoms with Gasteiger partial charge in [0, 0.05) is 25.2 Å². The maximum absolute atomic E-state index is 12.9. The zero-order valence-corrected chi connectivity index (χ0v) is 19.1. The molecule has 1 fully saturated rings. The summed E-state index contributed by atoms with van der Waals surface area (Å²) in [7, 11) is 3.24. The van der Waals surface area contributed by atoms with E-state index in [1.807, 2.05) is 32.0 Å². The van der Waals surface area contributed by atoms with Gasteiger partial charge in [-0.2, -0.15) is 0 Å². The van der Waals surface area contributed by atoms with E-state index >= 15 is 0 Å². The molecule has 8 nitrogen and oxygen atoms in total. The van der Waals surface area contributed by atoms with E-state index in [9.17, 15) is 4.79 Å². The molecular formula is C24H30N4O4. The van der Waals surface area contributed by atoms with Crippen molar-refractivity contribution in [1.29, 1.82) is 0 Å². The lowest BCUT2D eigenvalue weighted by Crippen LogP contribution is -2.43. The molecule has 1 saturated heterocycles. The van der Waals surface area contributed by atoms with Crippen LogP contribution in [0.5, 0.6) is 11.5 Å². The van der Waals surface area contributed by atoms with Gasteiger partial charge in [0.25, 0.3) is 0 Å². The Kier molecular flexibility index (Phi) is 6.48. The second-order valence-corrected chi connectivity index (χ2v) is 8.18. The van der Waals surface area contributed by atoms with Crippen molar-refractivity contribution >= 4 is 22.8 Å². The van der Waals surface area contributed by atoms with Gasteiger partial charge in [0.2, 0.25) is 11.6 Å². The summed E-state index contributed by atoms with van der Waals surface area (Å²) in [6.07, 6.45) is 4.07. The van der Waals surface area contributed by atoms with E-state index in [4.69, 9.17) is 13.9 Å². The zero-order valence-electron chi connectivity index (χ0n) is 19.1. The SMILES string of the molecule is COc1ccc(CCNC(=O)[C@H]2CCCN(c3ncnc4oc(C)c(C)c34)C2)cc1OC. The maximum Gasteiger partial charge on any atom is 0.231 e. The summed E-state index contributed by atoms with van der Waals surface area (Å²) in [6.45, 7) is 6.04. The molecule has 1 aromatic carbocycles. The highest BCUT2D eigenvalue weighted by Crippen LogP contribution is 2.32. The second-order valence-electron chi connectivity index (χ2n) is 8.18. The molecule has 1 atom stereocenters. The Bertz CT molecular complexity index is 1110. The molecular weight excluding hydrogens is 408 g/mol. The molecule has 0 aliphatic carbocycles. The smallest absolute Gasteiger partial charge is 0.231 e. The van der Waals surface area contributed by atoms with Gasteiger partial charge in [0.1, 0.15) is 17.9 Å². The number of piperidine rings is 1. The van der Waals surface area contributed by atoms with Gasteiger partial charge in [0.15, 0.2) is 11.5 Å². The van der Waals surface area contributed by atoms with Crippen LogP contribution in [0.1, 0.15) is 29.7 Å². The van der Waals surface area contributed by atoms with E-state index in [-0.39, 0.29) is 11.8 Å². The average molecular weight is 439 g/mol. The topological polar surface area (TPSA) is 89.7 Å². The molecule has 3 heterocycles. The molecule has 1 aliphatic rings. The minimum Gasteiger partial charge on any atom is -0.493 e. The molecule has 1 N–H and O–H groups in total. The van der Waals surface area contributed by atoms with Gasteiger partial charge in [-0.3, -0.25) is 4.79 Å². The molecule has 0 radical (unpaired) electrons. The number of rotatable bonds is 7. The van der Waals surface area contributed by atoms with Gasteiger partial charge in [-0.15, -0.1) is 0 Å². The Hall–Kier alpha value is -3.29. The number of aryl methyl sites for hydroxylation is 2. The predicted octanol–water partition coefficient (Wildman–Crippen LogP) is 3.43. The van der Waals surface area contributed by atoms with Crippen molar-refractivity contribution in [2.75, 3.05) is 38.8 Å². The van der Waals surface area contributed by atoms with Crippen molar-refractivity contribution in [2.45, 2.75) is 33.1 Å². The summed E-state index contributed by atoms with van der Waals surface area (Å²) in [6, 6.07) is 5.82. The molecule has 32 heavy (non-hydrogen) atoms. The van der Waals surface area contributed by atoms with Crippen LogP contribution < -0.4 is 19.7 Å². The minimum atomic E-state index is -0.0764. The number of fused-ring (bicyclic) bond motifs is 1. The van der Waals surface area contributed by atoms with E-state index < -0.39 is 0 Å². The first-order valence-corrected chi connectivity index (χ1v) is 11.0. The second kappa shape index (κ2) is 9.46. The summed E-state index contributed by atoms with van der Waals surface area (Å²) in [4.78, 5) is 23.9. The quantitative estimate of drug-likeness (QED) is 0.604. The van der Waals surface area contributed by atoms with Crippen molar-refractivity contribution in [3.05, 3.63) is 41.4 Å². The Balaban J connectivity index is 1.38. The first kappa shape index (κ1) is 21.9. The molecule has 0 saturated carbocycles. The largest absolute Gasteiger partial charge is 0.493 e. The number of nitrogens with one attached hydrogen (secondary N) is 1. The normalized spacial score (nSPS) is 16.2. The molecule has 0 spiro atoms. The summed E-state index contributed by atoms with van der Waals surface area (Å²) in [5.41, 5.74) is 2.74. The highest BCUT2D eigenvalue weighted by Gasteiger charge is 2.28. The standard InChI is InChI=1S/C24H30N4O4/c1-15-16(2)32-24-21(15)22(26-14-27-24)28-11-5-6-18(13-28)23(29)25-10-9-17-7-8-19(30-3)20(12-17)31-4/h7-8,12,14,18H,5-6,9-11,13H2,1-4H3,(H,25,29)/t18-/m0/s1. The first-order chi connectivity index (χ1) is 15.5. The van der Waals surface area contributed by atoms with Gasteiger partial charge < -0.3 is 24.1 Å². The van der Waals surface area contributed by atoms with Gasteiger partial charge in [-0.05, 0) is 50.8 Å². The number of ether oxygens (including phenoxy) is 2. The van der Waals surface area contributed by atoms with E-state index in [1.165, 1.54) is 6.33 Å². The van der Waals surface area contributed by atoms with Crippen molar-refractivity contribution in [2.24, 2.45) is 5.92 Å². The van der Waals surface area contributed by atoms with Gasteiger partial charge >= 0.3 is 0 Å². The van der Waals surface area contributed by atoms with Crippen LogP contribution in [0.3, 0.4) is 0 Å². The summed E-state index contributed by atoms with van der Waals surface area (Å²) in [5, 5.41) is 4.05. The Morgan fingerprint density at radius 2 is 2.03 bits per heavy atom. The van der Waals surface area contributed by atoms with Crippen molar-refractivity contribution in [1.82, 2.24) is 15.3 Å². The van der Waals surface area contributed by atoms with Crippen LogP contribution >= 0.6 is 0 Å². The van der Waals surface area contributed by atoms with Crippen LogP contribution in [0.4, 0.5) is 5.82 Å². The Labute approximate surface area is 187 Å². The molecule has 2 aromatic heterocycles. The fraction of sp³-hybridized carbons (Fsp3) is 0.458. The van der Waals surface area contributed by atoms with Crippen LogP contribution in [-0.4, -0.2) is 49.7 Å². The molecule has 1 aliphatic heterocycles. The van der Waals surface area contributed by atoms with Crippen LogP contribution in [0.2, 0.25) is 0 Å². The molecule has 0 bridgehead atoms. The molecule has 0 unspecified atom stereocenters. The van der Waals surface area contributed by atoms with Gasteiger partial charge in [0.05, 0.1) is 25.5 Å². The highest BCUT2D eigenvalue weighted by atomic mass is 16.5. The van der Waals surface area contributed by atoms with E-state index in [0.717, 1.165) is 53.9 Å². The first-order valence-electron chi connectivity index (χ1n) is 11.0. The number of carbonyl (C=O) groups is 1. The number of furan rings is 1. The molecule has 3 aromatic rings. The Morgan fingerprint density at radius 3 is 2.81 bits per heavy atom. The molecule has 8 heteroatoms. The number of carbonyl (C=O) groups excluding carboxylic acids is 1. The van der Waals surface area contributed by atoms with Crippen molar-refractivity contribution in [3.8, 4) is 11.5 Å². The Morgan fingerprint density at radius 1 is 1.22 bits per heavy atom. The fourth-order valence-electron chi connectivity index (χ4n) is 4.30. The van der Waals surface area contributed by atoms with Crippen molar-refractivity contribution in [3.63, 3.8) is 0 Å². The number of aromatic nitrogens is 2. The highest BCUT2D eigenvalue weighted by molar-refractivity contribution is 5.90. The van der Waals surface area contributed by atoms with Crippen LogP contribution in [0, 0.1) is 19.8 Å². The lowest BCUT2D eigenvalue weighted by atomic mass is 9.96. The summed E-state index contributed by atoms with van der Waals surface area (Å²) in [5.74, 6) is 3.10. The van der Waals surface area contributed by atoms with Crippen LogP contribution in [0.25, 0.3) is 11.1 Å². The molecule has 4 rings (SSSR count). The third-order valence-electron chi connectivity index (χ3n) is 6.20. The minimum absolute atomic E-state index is 0.0764. The van der Waals surface area contributed by atoms with E-state index in [0.29, 0.717) is 30.3 Å².